The summed E-state index contributed by atoms with van der Waals surface area (Å²) in [6.45, 7) is 6.47. The van der Waals surface area contributed by atoms with Gasteiger partial charge in [0.2, 0.25) is 0 Å². The van der Waals surface area contributed by atoms with E-state index >= 15 is 0 Å². The fourth-order valence-electron chi connectivity index (χ4n) is 1.62. The predicted molar refractivity (Wildman–Crippen MR) is 72.6 cm³/mol. The lowest BCUT2D eigenvalue weighted by Gasteiger charge is -2.28. The number of aromatic hydroxyl groups is 2. The summed E-state index contributed by atoms with van der Waals surface area (Å²) in [6, 6.07) is 3.72. The van der Waals surface area contributed by atoms with Gasteiger partial charge in [0.1, 0.15) is 28.9 Å². The minimum Gasteiger partial charge on any atom is -0.508 e. The average Bonchev–Trinajstić information content (AvgIpc) is 2.29. The van der Waals surface area contributed by atoms with Crippen LogP contribution in [0.3, 0.4) is 0 Å². The lowest BCUT2D eigenvalue weighted by molar-refractivity contribution is -0.113. The molecule has 0 spiro atoms. The van der Waals surface area contributed by atoms with E-state index in [0.29, 0.717) is 6.29 Å². The Balaban J connectivity index is 3.06. The fraction of sp³-hybridized carbons (Fsp3) is 0.429. The van der Waals surface area contributed by atoms with Crippen molar-refractivity contribution in [1.29, 1.82) is 0 Å². The second-order valence-corrected chi connectivity index (χ2v) is 5.65. The molecule has 1 unspecified atom stereocenters. The molecule has 1 amide bonds. The van der Waals surface area contributed by atoms with Gasteiger partial charge in [-0.25, -0.2) is 4.79 Å². The quantitative estimate of drug-likeness (QED) is 0.582. The zero-order valence-corrected chi connectivity index (χ0v) is 11.9. The first kappa shape index (κ1) is 15.8. The number of ether oxygens (including phenoxy) is 1. The van der Waals surface area contributed by atoms with Crippen LogP contribution in [0.1, 0.15) is 33.3 Å². The Morgan fingerprint density at radius 3 is 2.35 bits per heavy atom. The lowest BCUT2D eigenvalue weighted by Crippen LogP contribution is -2.46. The number of alkyl carbamates (subject to hydrolysis) is 1. The Morgan fingerprint density at radius 2 is 1.85 bits per heavy atom. The first-order chi connectivity index (χ1) is 9.07. The van der Waals surface area contributed by atoms with Crippen molar-refractivity contribution in [3.8, 4) is 11.5 Å². The van der Waals surface area contributed by atoms with Gasteiger partial charge in [-0.05, 0) is 45.9 Å². The molecule has 0 heterocycles. The van der Waals surface area contributed by atoms with Gasteiger partial charge in [-0.3, -0.25) is 0 Å². The molecule has 0 saturated heterocycles. The lowest BCUT2D eigenvalue weighted by atomic mass is 9.92. The van der Waals surface area contributed by atoms with E-state index in [2.05, 4.69) is 5.32 Å². The van der Waals surface area contributed by atoms with Crippen molar-refractivity contribution < 1.29 is 24.5 Å². The van der Waals surface area contributed by atoms with Gasteiger partial charge in [-0.15, -0.1) is 0 Å². The number of carbonyl (C=O) groups is 2. The molecule has 0 bridgehead atoms. The van der Waals surface area contributed by atoms with Crippen molar-refractivity contribution in [3.63, 3.8) is 0 Å². The number of hydrogen-bond donors (Lipinski definition) is 3. The molecule has 1 rings (SSSR count). The number of phenols is 2. The molecule has 0 fully saturated rings. The van der Waals surface area contributed by atoms with Crippen LogP contribution < -0.4 is 5.32 Å². The standard InChI is InChI=1S/C14H19NO5/c1-13(2,3)20-12(19)15-14(4,8-16)10-7-9(17)5-6-11(10)18/h5-8,17-18H,1-4H3,(H,15,19). The number of nitrogens with one attached hydrogen (secondary N) is 1. The zero-order valence-electron chi connectivity index (χ0n) is 11.9. The van der Waals surface area contributed by atoms with Crippen LogP contribution in [0.2, 0.25) is 0 Å². The number of phenolic OH excluding ortho intramolecular Hbond substituents is 2. The van der Waals surface area contributed by atoms with Gasteiger partial charge >= 0.3 is 6.09 Å². The monoisotopic (exact) mass is 281 g/mol. The zero-order chi connectivity index (χ0) is 15.6. The van der Waals surface area contributed by atoms with Gasteiger partial charge < -0.3 is 25.1 Å². The van der Waals surface area contributed by atoms with Crippen LogP contribution in [0.4, 0.5) is 4.79 Å². The molecule has 0 aliphatic rings. The minimum atomic E-state index is -1.51. The van der Waals surface area contributed by atoms with E-state index in [9.17, 15) is 19.8 Å². The van der Waals surface area contributed by atoms with Gasteiger partial charge in [0, 0.05) is 5.56 Å². The highest BCUT2D eigenvalue weighted by Crippen LogP contribution is 2.31. The number of hydrogen-bond acceptors (Lipinski definition) is 5. The van der Waals surface area contributed by atoms with Gasteiger partial charge in [-0.1, -0.05) is 0 Å². The Kier molecular flexibility index (Phi) is 4.27. The van der Waals surface area contributed by atoms with Gasteiger partial charge in [-0.2, -0.15) is 0 Å². The summed E-state index contributed by atoms with van der Waals surface area (Å²) < 4.78 is 5.07. The Morgan fingerprint density at radius 1 is 1.25 bits per heavy atom. The van der Waals surface area contributed by atoms with E-state index in [0.717, 1.165) is 0 Å². The average molecular weight is 281 g/mol. The van der Waals surface area contributed by atoms with Crippen LogP contribution >= 0.6 is 0 Å². The largest absolute Gasteiger partial charge is 0.508 e. The van der Waals surface area contributed by atoms with Crippen LogP contribution in [0, 0.1) is 0 Å². The maximum Gasteiger partial charge on any atom is 0.408 e. The third-order valence-electron chi connectivity index (χ3n) is 2.54. The molecule has 6 heteroatoms. The molecule has 20 heavy (non-hydrogen) atoms. The van der Waals surface area contributed by atoms with Gasteiger partial charge in [0.05, 0.1) is 0 Å². The van der Waals surface area contributed by atoms with E-state index in [1.807, 2.05) is 0 Å². The summed E-state index contributed by atoms with van der Waals surface area (Å²) in [7, 11) is 0. The molecule has 0 aromatic heterocycles. The molecule has 1 atom stereocenters. The second kappa shape index (κ2) is 5.40. The van der Waals surface area contributed by atoms with Crippen LogP contribution in [-0.4, -0.2) is 28.2 Å². The highest BCUT2D eigenvalue weighted by molar-refractivity contribution is 5.79. The molecule has 110 valence electrons. The van der Waals surface area contributed by atoms with E-state index in [1.165, 1.54) is 25.1 Å². The second-order valence-electron chi connectivity index (χ2n) is 5.65. The topological polar surface area (TPSA) is 95.9 Å². The molecule has 3 N–H and O–H groups in total. The van der Waals surface area contributed by atoms with Crippen LogP contribution in [0.15, 0.2) is 18.2 Å². The van der Waals surface area contributed by atoms with Crippen molar-refractivity contribution >= 4 is 12.4 Å². The van der Waals surface area contributed by atoms with Crippen molar-refractivity contribution in [2.24, 2.45) is 0 Å². The number of carbonyl (C=O) groups excluding carboxylic acids is 2. The molecule has 6 nitrogen and oxygen atoms in total. The molecule has 1 aromatic rings. The van der Waals surface area contributed by atoms with Crippen molar-refractivity contribution in [3.05, 3.63) is 23.8 Å². The summed E-state index contributed by atoms with van der Waals surface area (Å²) in [5.74, 6) is -0.342. The summed E-state index contributed by atoms with van der Waals surface area (Å²) >= 11 is 0. The maximum absolute atomic E-state index is 11.8. The van der Waals surface area contributed by atoms with E-state index in [-0.39, 0.29) is 17.1 Å². The fourth-order valence-corrected chi connectivity index (χ4v) is 1.62. The Labute approximate surface area is 117 Å². The summed E-state index contributed by atoms with van der Waals surface area (Å²) in [5.41, 5.74) is -2.14. The molecule has 1 aromatic carbocycles. The van der Waals surface area contributed by atoms with Gasteiger partial charge in [0.25, 0.3) is 0 Å². The number of amides is 1. The normalized spacial score (nSPS) is 14.2. The Bertz CT molecular complexity index is 521. The summed E-state index contributed by atoms with van der Waals surface area (Å²) in [5, 5.41) is 21.6. The highest BCUT2D eigenvalue weighted by atomic mass is 16.6. The minimum absolute atomic E-state index is 0.0818. The number of benzene rings is 1. The summed E-state index contributed by atoms with van der Waals surface area (Å²) in [4.78, 5) is 23.1. The summed E-state index contributed by atoms with van der Waals surface area (Å²) in [6.07, 6.45) is -0.333. The third kappa shape index (κ3) is 3.88. The van der Waals surface area contributed by atoms with Crippen LogP contribution in [0.5, 0.6) is 11.5 Å². The molecular formula is C14H19NO5. The molecule has 0 aliphatic carbocycles. The predicted octanol–water partition coefficient (Wildman–Crippen LogP) is 2.04. The molecule has 0 saturated carbocycles. The highest BCUT2D eigenvalue weighted by Gasteiger charge is 2.33. The first-order valence-corrected chi connectivity index (χ1v) is 6.07. The Hall–Kier alpha value is -2.24. The van der Waals surface area contributed by atoms with Gasteiger partial charge in [0.15, 0.2) is 0 Å². The third-order valence-corrected chi connectivity index (χ3v) is 2.54. The van der Waals surface area contributed by atoms with E-state index < -0.39 is 17.2 Å². The number of aldehydes is 1. The smallest absolute Gasteiger partial charge is 0.408 e. The van der Waals surface area contributed by atoms with Crippen molar-refractivity contribution in [2.45, 2.75) is 38.8 Å². The number of rotatable bonds is 3. The SMILES string of the molecule is CC(C)(C)OC(=O)NC(C)(C=O)c1cc(O)ccc1O. The van der Waals surface area contributed by atoms with E-state index in [4.69, 9.17) is 4.74 Å². The maximum atomic E-state index is 11.8. The van der Waals surface area contributed by atoms with Crippen LogP contribution in [-0.2, 0) is 15.1 Å². The molecule has 0 radical (unpaired) electrons. The van der Waals surface area contributed by atoms with E-state index in [1.54, 1.807) is 20.8 Å². The molecular weight excluding hydrogens is 262 g/mol. The van der Waals surface area contributed by atoms with Crippen LogP contribution in [0.25, 0.3) is 0 Å². The molecule has 0 aliphatic heterocycles. The van der Waals surface area contributed by atoms with Crippen molar-refractivity contribution in [1.82, 2.24) is 5.32 Å². The van der Waals surface area contributed by atoms with Crippen molar-refractivity contribution in [2.75, 3.05) is 0 Å². The first-order valence-electron chi connectivity index (χ1n) is 6.07.